The number of halogens is 1. The maximum absolute atomic E-state index is 13.0. The first-order valence-electron chi connectivity index (χ1n) is 5.06. The third-order valence-electron chi connectivity index (χ3n) is 2.23. The fourth-order valence-corrected chi connectivity index (χ4v) is 2.53. The zero-order valence-corrected chi connectivity index (χ0v) is 10.7. The fourth-order valence-electron chi connectivity index (χ4n) is 1.42. The molecule has 1 aromatic rings. The zero-order valence-electron chi connectivity index (χ0n) is 9.84. The van der Waals surface area contributed by atoms with Crippen LogP contribution < -0.4 is 4.31 Å². The smallest absolute Gasteiger partial charge is 0.241 e. The molecule has 0 aliphatic rings. The summed E-state index contributed by atoms with van der Waals surface area (Å²) in [5.74, 6) is -1.72. The van der Waals surface area contributed by atoms with Crippen LogP contribution in [-0.4, -0.2) is 20.1 Å². The van der Waals surface area contributed by atoms with Crippen LogP contribution in [0.3, 0.4) is 0 Å². The fraction of sp³-hybridized carbons (Fsp3) is 0.273. The van der Waals surface area contributed by atoms with Crippen molar-refractivity contribution in [3.63, 3.8) is 0 Å². The first-order chi connectivity index (χ1) is 8.33. The van der Waals surface area contributed by atoms with Gasteiger partial charge in [0, 0.05) is 6.92 Å². The quantitative estimate of drug-likeness (QED) is 0.831. The SMILES string of the molecule is CCS(=O)(=O)N(C(C)=O)c1ccc(F)cc1C#N. The van der Waals surface area contributed by atoms with E-state index < -0.39 is 21.7 Å². The molecule has 0 spiro atoms. The molecule has 0 aromatic heterocycles. The highest BCUT2D eigenvalue weighted by Gasteiger charge is 2.27. The summed E-state index contributed by atoms with van der Waals surface area (Å²) >= 11 is 0. The molecule has 0 fully saturated rings. The maximum atomic E-state index is 13.0. The van der Waals surface area contributed by atoms with E-state index in [1.54, 1.807) is 6.07 Å². The number of hydrogen-bond donors (Lipinski definition) is 0. The Morgan fingerprint density at radius 2 is 2.11 bits per heavy atom. The Bertz CT molecular complexity index is 620. The van der Waals surface area contributed by atoms with Gasteiger partial charge < -0.3 is 0 Å². The largest absolute Gasteiger partial charge is 0.274 e. The molecule has 0 aliphatic heterocycles. The first kappa shape index (κ1) is 14.1. The van der Waals surface area contributed by atoms with Crippen LogP contribution in [0, 0.1) is 17.1 Å². The van der Waals surface area contributed by atoms with E-state index in [0.29, 0.717) is 4.31 Å². The van der Waals surface area contributed by atoms with Crippen molar-refractivity contribution in [1.29, 1.82) is 5.26 Å². The number of benzene rings is 1. The van der Waals surface area contributed by atoms with Gasteiger partial charge in [0.15, 0.2) is 0 Å². The first-order valence-corrected chi connectivity index (χ1v) is 6.67. The Labute approximate surface area is 104 Å². The second-order valence-electron chi connectivity index (χ2n) is 3.46. The van der Waals surface area contributed by atoms with Crippen molar-refractivity contribution in [2.75, 3.05) is 10.1 Å². The highest BCUT2D eigenvalue weighted by atomic mass is 32.2. The van der Waals surface area contributed by atoms with E-state index in [0.717, 1.165) is 25.1 Å². The summed E-state index contributed by atoms with van der Waals surface area (Å²) in [6.07, 6.45) is 0. The van der Waals surface area contributed by atoms with Crippen LogP contribution in [0.2, 0.25) is 0 Å². The number of anilines is 1. The van der Waals surface area contributed by atoms with Crippen molar-refractivity contribution in [2.24, 2.45) is 0 Å². The van der Waals surface area contributed by atoms with Gasteiger partial charge in [-0.05, 0) is 25.1 Å². The molecule has 1 aromatic carbocycles. The summed E-state index contributed by atoms with van der Waals surface area (Å²) in [5.41, 5.74) is -0.338. The Morgan fingerprint density at radius 1 is 1.50 bits per heavy atom. The van der Waals surface area contributed by atoms with Gasteiger partial charge in [-0.1, -0.05) is 0 Å². The van der Waals surface area contributed by atoms with Gasteiger partial charge >= 0.3 is 0 Å². The van der Waals surface area contributed by atoms with E-state index in [4.69, 9.17) is 5.26 Å². The molecule has 18 heavy (non-hydrogen) atoms. The number of carbonyl (C=O) groups is 1. The lowest BCUT2D eigenvalue weighted by Crippen LogP contribution is -2.36. The standard InChI is InChI=1S/C11H11FN2O3S/c1-3-18(16,17)14(8(2)15)11-5-4-10(12)6-9(11)7-13/h4-6H,3H2,1-2H3. The molecule has 0 saturated heterocycles. The lowest BCUT2D eigenvalue weighted by Gasteiger charge is -2.21. The molecule has 0 bridgehead atoms. The molecule has 0 atom stereocenters. The van der Waals surface area contributed by atoms with E-state index >= 15 is 0 Å². The summed E-state index contributed by atoms with van der Waals surface area (Å²) in [7, 11) is -3.85. The number of hydrogen-bond acceptors (Lipinski definition) is 4. The van der Waals surface area contributed by atoms with Crippen LogP contribution in [0.4, 0.5) is 10.1 Å². The number of amides is 1. The average Bonchev–Trinajstić information content (AvgIpc) is 2.30. The summed E-state index contributed by atoms with van der Waals surface area (Å²) in [6.45, 7) is 2.44. The highest BCUT2D eigenvalue weighted by molar-refractivity contribution is 7.93. The summed E-state index contributed by atoms with van der Waals surface area (Å²) in [5, 5.41) is 8.86. The van der Waals surface area contributed by atoms with Gasteiger partial charge in [0.25, 0.3) is 0 Å². The van der Waals surface area contributed by atoms with E-state index in [1.165, 1.54) is 6.92 Å². The Morgan fingerprint density at radius 3 is 2.56 bits per heavy atom. The van der Waals surface area contributed by atoms with Gasteiger partial charge in [0.2, 0.25) is 15.9 Å². The predicted molar refractivity (Wildman–Crippen MR) is 63.7 cm³/mol. The lowest BCUT2D eigenvalue weighted by molar-refractivity contribution is -0.115. The second-order valence-corrected chi connectivity index (χ2v) is 5.56. The van der Waals surface area contributed by atoms with E-state index in [9.17, 15) is 17.6 Å². The normalized spacial score (nSPS) is 10.8. The third-order valence-corrected chi connectivity index (χ3v) is 3.97. The van der Waals surface area contributed by atoms with Crippen LogP contribution >= 0.6 is 0 Å². The van der Waals surface area contributed by atoms with Gasteiger partial charge in [-0.3, -0.25) is 4.79 Å². The molecule has 0 heterocycles. The number of nitrogens with zero attached hydrogens (tertiary/aromatic N) is 2. The molecule has 0 radical (unpaired) electrons. The van der Waals surface area contributed by atoms with Crippen molar-refractivity contribution in [3.8, 4) is 6.07 Å². The molecule has 0 N–H and O–H groups in total. The molecular formula is C11H11FN2O3S. The van der Waals surface area contributed by atoms with Crippen molar-refractivity contribution in [1.82, 2.24) is 0 Å². The van der Waals surface area contributed by atoms with Gasteiger partial charge in [0.1, 0.15) is 11.9 Å². The highest BCUT2D eigenvalue weighted by Crippen LogP contribution is 2.24. The van der Waals surface area contributed by atoms with E-state index in [-0.39, 0.29) is 17.0 Å². The molecule has 1 amide bonds. The van der Waals surface area contributed by atoms with Crippen molar-refractivity contribution in [2.45, 2.75) is 13.8 Å². The molecule has 96 valence electrons. The monoisotopic (exact) mass is 270 g/mol. The van der Waals surface area contributed by atoms with Gasteiger partial charge in [-0.15, -0.1) is 0 Å². The van der Waals surface area contributed by atoms with Gasteiger partial charge in [0.05, 0.1) is 17.0 Å². The molecule has 1 rings (SSSR count). The van der Waals surface area contributed by atoms with Gasteiger partial charge in [-0.25, -0.2) is 17.1 Å². The zero-order chi connectivity index (χ0) is 13.9. The molecule has 0 aliphatic carbocycles. The molecule has 0 unspecified atom stereocenters. The second kappa shape index (κ2) is 5.14. The topological polar surface area (TPSA) is 78.2 Å². The number of nitriles is 1. The summed E-state index contributed by atoms with van der Waals surface area (Å²) in [6, 6.07) is 4.65. The summed E-state index contributed by atoms with van der Waals surface area (Å²) < 4.78 is 37.1. The minimum atomic E-state index is -3.85. The predicted octanol–water partition coefficient (Wildman–Crippen LogP) is 1.40. The average molecular weight is 270 g/mol. The minimum absolute atomic E-state index is 0.131. The third kappa shape index (κ3) is 2.65. The Balaban J connectivity index is 3.51. The number of carbonyl (C=O) groups excluding carboxylic acids is 1. The number of sulfonamides is 1. The lowest BCUT2D eigenvalue weighted by atomic mass is 10.2. The van der Waals surface area contributed by atoms with Crippen molar-refractivity contribution in [3.05, 3.63) is 29.6 Å². The van der Waals surface area contributed by atoms with E-state index in [2.05, 4.69) is 0 Å². The van der Waals surface area contributed by atoms with E-state index in [1.807, 2.05) is 0 Å². The minimum Gasteiger partial charge on any atom is -0.274 e. The van der Waals surface area contributed by atoms with Crippen LogP contribution in [0.1, 0.15) is 19.4 Å². The van der Waals surface area contributed by atoms with Crippen LogP contribution in [0.25, 0.3) is 0 Å². The summed E-state index contributed by atoms with van der Waals surface area (Å²) in [4.78, 5) is 11.4. The Kier molecular flexibility index (Phi) is 4.03. The Hall–Kier alpha value is -1.94. The van der Waals surface area contributed by atoms with Crippen molar-refractivity contribution >= 4 is 21.6 Å². The molecule has 5 nitrogen and oxygen atoms in total. The maximum Gasteiger partial charge on any atom is 0.241 e. The van der Waals surface area contributed by atoms with Crippen molar-refractivity contribution < 1.29 is 17.6 Å². The van der Waals surface area contributed by atoms with Gasteiger partial charge in [-0.2, -0.15) is 5.26 Å². The van der Waals surface area contributed by atoms with Crippen LogP contribution in [0.5, 0.6) is 0 Å². The molecular weight excluding hydrogens is 259 g/mol. The number of rotatable bonds is 3. The van der Waals surface area contributed by atoms with Crippen LogP contribution in [0.15, 0.2) is 18.2 Å². The van der Waals surface area contributed by atoms with Crippen LogP contribution in [-0.2, 0) is 14.8 Å². The molecule has 0 saturated carbocycles. The molecule has 7 heteroatoms.